The smallest absolute Gasteiger partial charge is 0.167 e. The second-order valence-corrected chi connectivity index (χ2v) is 5.52. The van der Waals surface area contributed by atoms with Gasteiger partial charge in [0.15, 0.2) is 11.6 Å². The molecule has 0 aliphatic heterocycles. The fraction of sp³-hybridized carbons (Fsp3) is 0.647. The average Bonchev–Trinajstić information content (AvgIpc) is 2.48. The highest BCUT2D eigenvalue weighted by atomic mass is 19.1. The number of unbranched alkanes of at least 4 members (excludes halogenated alkanes) is 1. The number of nitrogens with two attached hydrogens (primary N) is 1. The zero-order chi connectivity index (χ0) is 15.7. The zero-order valence-corrected chi connectivity index (χ0v) is 13.5. The first kappa shape index (κ1) is 17.6. The first-order valence-corrected chi connectivity index (χ1v) is 8.07. The summed E-state index contributed by atoms with van der Waals surface area (Å²) in [4.78, 5) is 0. The Morgan fingerprint density at radius 3 is 2.62 bits per heavy atom. The van der Waals surface area contributed by atoms with Crippen LogP contribution in [0.4, 0.5) is 15.8 Å². The van der Waals surface area contributed by atoms with E-state index in [0.717, 1.165) is 25.1 Å². The normalized spacial score (nSPS) is 12.2. The maximum Gasteiger partial charge on any atom is 0.167 e. The van der Waals surface area contributed by atoms with E-state index in [9.17, 15) is 4.39 Å². The Balaban J connectivity index is 2.68. The van der Waals surface area contributed by atoms with Crippen molar-refractivity contribution in [3.8, 4) is 5.75 Å². The molecule has 0 aromatic heterocycles. The van der Waals surface area contributed by atoms with E-state index in [4.69, 9.17) is 10.5 Å². The molecule has 0 amide bonds. The predicted octanol–water partition coefficient (Wildman–Crippen LogP) is 4.83. The van der Waals surface area contributed by atoms with Crippen LogP contribution in [0.15, 0.2) is 12.1 Å². The second kappa shape index (κ2) is 9.48. The largest absolute Gasteiger partial charge is 0.490 e. The van der Waals surface area contributed by atoms with Gasteiger partial charge in [-0.2, -0.15) is 0 Å². The molecule has 1 atom stereocenters. The molecule has 1 unspecified atom stereocenters. The monoisotopic (exact) mass is 296 g/mol. The van der Waals surface area contributed by atoms with Gasteiger partial charge in [0.05, 0.1) is 18.0 Å². The van der Waals surface area contributed by atoms with Crippen LogP contribution >= 0.6 is 0 Å². The Kier molecular flexibility index (Phi) is 7.95. The Bertz CT molecular complexity index is 423. The van der Waals surface area contributed by atoms with E-state index in [1.807, 2.05) is 6.92 Å². The van der Waals surface area contributed by atoms with E-state index in [0.29, 0.717) is 18.2 Å². The number of nitrogen functional groups attached to an aromatic ring is 1. The summed E-state index contributed by atoms with van der Waals surface area (Å²) >= 11 is 0. The van der Waals surface area contributed by atoms with Crippen LogP contribution in [0.25, 0.3) is 0 Å². The SMILES string of the molecule is CCCCC(CC)CNc1cc(OCCC)c(F)cc1N. The molecule has 4 heteroatoms. The Hall–Kier alpha value is -1.45. The lowest BCUT2D eigenvalue weighted by Gasteiger charge is -2.18. The predicted molar refractivity (Wildman–Crippen MR) is 88.4 cm³/mol. The molecule has 3 nitrogen and oxygen atoms in total. The van der Waals surface area contributed by atoms with E-state index in [1.165, 1.54) is 25.3 Å². The van der Waals surface area contributed by atoms with Crippen LogP contribution < -0.4 is 15.8 Å². The molecule has 1 aromatic carbocycles. The van der Waals surface area contributed by atoms with E-state index in [2.05, 4.69) is 19.2 Å². The van der Waals surface area contributed by atoms with Crippen molar-refractivity contribution >= 4 is 11.4 Å². The summed E-state index contributed by atoms with van der Waals surface area (Å²) in [6.07, 6.45) is 5.64. The van der Waals surface area contributed by atoms with Crippen LogP contribution in [0.1, 0.15) is 52.9 Å². The van der Waals surface area contributed by atoms with Gasteiger partial charge >= 0.3 is 0 Å². The number of rotatable bonds is 10. The van der Waals surface area contributed by atoms with Gasteiger partial charge in [0.25, 0.3) is 0 Å². The van der Waals surface area contributed by atoms with Gasteiger partial charge in [-0.3, -0.25) is 0 Å². The van der Waals surface area contributed by atoms with Crippen LogP contribution in [0, 0.1) is 11.7 Å². The van der Waals surface area contributed by atoms with Gasteiger partial charge in [0, 0.05) is 18.7 Å². The van der Waals surface area contributed by atoms with Crippen LogP contribution in [-0.2, 0) is 0 Å². The zero-order valence-electron chi connectivity index (χ0n) is 13.5. The maximum atomic E-state index is 13.8. The minimum Gasteiger partial charge on any atom is -0.490 e. The molecule has 0 radical (unpaired) electrons. The van der Waals surface area contributed by atoms with Crippen molar-refractivity contribution in [3.63, 3.8) is 0 Å². The summed E-state index contributed by atoms with van der Waals surface area (Å²) in [5, 5.41) is 3.35. The number of halogens is 1. The van der Waals surface area contributed by atoms with Crippen molar-refractivity contribution in [2.24, 2.45) is 5.92 Å². The van der Waals surface area contributed by atoms with Crippen LogP contribution in [0.2, 0.25) is 0 Å². The van der Waals surface area contributed by atoms with E-state index < -0.39 is 5.82 Å². The minimum atomic E-state index is -0.399. The van der Waals surface area contributed by atoms with E-state index in [1.54, 1.807) is 6.07 Å². The average molecular weight is 296 g/mol. The molecule has 1 rings (SSSR count). The first-order valence-electron chi connectivity index (χ1n) is 8.07. The number of hydrogen-bond acceptors (Lipinski definition) is 3. The number of benzene rings is 1. The van der Waals surface area contributed by atoms with Gasteiger partial charge in [-0.25, -0.2) is 4.39 Å². The van der Waals surface area contributed by atoms with Crippen molar-refractivity contribution in [3.05, 3.63) is 17.9 Å². The van der Waals surface area contributed by atoms with Gasteiger partial charge in [-0.1, -0.05) is 40.0 Å². The van der Waals surface area contributed by atoms with Gasteiger partial charge in [-0.05, 0) is 18.8 Å². The molecule has 0 spiro atoms. The third kappa shape index (κ3) is 5.82. The van der Waals surface area contributed by atoms with Crippen molar-refractivity contribution in [1.82, 2.24) is 0 Å². The number of nitrogens with one attached hydrogen (secondary N) is 1. The molecule has 0 aliphatic rings. The van der Waals surface area contributed by atoms with Crippen LogP contribution in [0.3, 0.4) is 0 Å². The van der Waals surface area contributed by atoms with E-state index in [-0.39, 0.29) is 5.75 Å². The van der Waals surface area contributed by atoms with Gasteiger partial charge in [0.2, 0.25) is 0 Å². The molecule has 0 fully saturated rings. The Labute approximate surface area is 128 Å². The van der Waals surface area contributed by atoms with Crippen LogP contribution in [-0.4, -0.2) is 13.2 Å². The minimum absolute atomic E-state index is 0.273. The lowest BCUT2D eigenvalue weighted by atomic mass is 9.99. The summed E-state index contributed by atoms with van der Waals surface area (Å²) < 4.78 is 19.2. The molecule has 0 bridgehead atoms. The molecule has 120 valence electrons. The highest BCUT2D eigenvalue weighted by Crippen LogP contribution is 2.29. The number of hydrogen-bond donors (Lipinski definition) is 2. The molecule has 3 N–H and O–H groups in total. The molecule has 1 aromatic rings. The molecule has 0 saturated heterocycles. The fourth-order valence-corrected chi connectivity index (χ4v) is 2.24. The van der Waals surface area contributed by atoms with Crippen LogP contribution in [0.5, 0.6) is 5.75 Å². The fourth-order valence-electron chi connectivity index (χ4n) is 2.24. The highest BCUT2D eigenvalue weighted by Gasteiger charge is 2.11. The summed E-state index contributed by atoms with van der Waals surface area (Å²) in [6.45, 7) is 7.77. The molecule has 21 heavy (non-hydrogen) atoms. The lowest BCUT2D eigenvalue weighted by molar-refractivity contribution is 0.301. The second-order valence-electron chi connectivity index (χ2n) is 5.52. The standard InChI is InChI=1S/C17H29FN2O/c1-4-7-8-13(6-3)12-20-16-11-17(21-9-5-2)14(18)10-15(16)19/h10-11,13,20H,4-9,12,19H2,1-3H3. The topological polar surface area (TPSA) is 47.3 Å². The summed E-state index contributed by atoms with van der Waals surface area (Å²) in [7, 11) is 0. The number of anilines is 2. The van der Waals surface area contributed by atoms with Crippen molar-refractivity contribution in [1.29, 1.82) is 0 Å². The summed E-state index contributed by atoms with van der Waals surface area (Å²) in [5.74, 6) is 0.495. The van der Waals surface area contributed by atoms with Gasteiger partial charge in [0.1, 0.15) is 0 Å². The Morgan fingerprint density at radius 1 is 1.24 bits per heavy atom. The molecular weight excluding hydrogens is 267 g/mol. The summed E-state index contributed by atoms with van der Waals surface area (Å²) in [6, 6.07) is 3.01. The van der Waals surface area contributed by atoms with Crippen molar-refractivity contribution in [2.45, 2.75) is 52.9 Å². The van der Waals surface area contributed by atoms with Gasteiger partial charge < -0.3 is 15.8 Å². The lowest BCUT2D eigenvalue weighted by Crippen LogP contribution is -2.15. The third-order valence-corrected chi connectivity index (χ3v) is 3.69. The molecule has 0 saturated carbocycles. The third-order valence-electron chi connectivity index (χ3n) is 3.69. The highest BCUT2D eigenvalue weighted by molar-refractivity contribution is 5.68. The summed E-state index contributed by atoms with van der Waals surface area (Å²) in [5.41, 5.74) is 7.08. The molecular formula is C17H29FN2O. The Morgan fingerprint density at radius 2 is 2.00 bits per heavy atom. The van der Waals surface area contributed by atoms with E-state index >= 15 is 0 Å². The maximum absolute atomic E-state index is 13.8. The number of ether oxygens (including phenoxy) is 1. The van der Waals surface area contributed by atoms with Gasteiger partial charge in [-0.15, -0.1) is 0 Å². The van der Waals surface area contributed by atoms with Crippen molar-refractivity contribution < 1.29 is 9.13 Å². The van der Waals surface area contributed by atoms with Crippen molar-refractivity contribution in [2.75, 3.05) is 24.2 Å². The first-order chi connectivity index (χ1) is 10.1. The quantitative estimate of drug-likeness (QED) is 0.608. The molecule has 0 aliphatic carbocycles. The molecule has 0 heterocycles.